The van der Waals surface area contributed by atoms with Crippen molar-refractivity contribution in [2.75, 3.05) is 14.2 Å². The molecule has 0 saturated carbocycles. The number of ether oxygens (including phenoxy) is 1. The Hall–Kier alpha value is -0.610. The van der Waals surface area contributed by atoms with Crippen LogP contribution in [0.5, 0.6) is 0 Å². The SMILES string of the molecule is CN[C@H](C(=O)O)C(C)OC. The molecule has 0 saturated heterocycles. The van der Waals surface area contributed by atoms with Crippen LogP contribution in [0.1, 0.15) is 6.92 Å². The first-order valence-corrected chi connectivity index (χ1v) is 3.06. The maximum absolute atomic E-state index is 10.4. The summed E-state index contributed by atoms with van der Waals surface area (Å²) in [6, 6.07) is -0.620. The molecule has 0 aliphatic carbocycles. The third kappa shape index (κ3) is 2.33. The van der Waals surface area contributed by atoms with Gasteiger partial charge < -0.3 is 15.2 Å². The summed E-state index contributed by atoms with van der Waals surface area (Å²) in [7, 11) is 3.08. The zero-order valence-corrected chi connectivity index (χ0v) is 6.42. The van der Waals surface area contributed by atoms with Gasteiger partial charge in [0.15, 0.2) is 0 Å². The van der Waals surface area contributed by atoms with Gasteiger partial charge in [0.2, 0.25) is 0 Å². The van der Waals surface area contributed by atoms with Crippen LogP contribution in [0.2, 0.25) is 0 Å². The van der Waals surface area contributed by atoms with E-state index in [1.165, 1.54) is 7.11 Å². The normalized spacial score (nSPS) is 16.3. The lowest BCUT2D eigenvalue weighted by molar-refractivity contribution is -0.142. The van der Waals surface area contributed by atoms with E-state index in [0.717, 1.165) is 0 Å². The van der Waals surface area contributed by atoms with Crippen LogP contribution in [-0.4, -0.2) is 37.4 Å². The Morgan fingerprint density at radius 2 is 2.20 bits per heavy atom. The quantitative estimate of drug-likeness (QED) is 0.573. The van der Waals surface area contributed by atoms with Crippen LogP contribution < -0.4 is 5.32 Å². The summed E-state index contributed by atoms with van der Waals surface area (Å²) in [5, 5.41) is 11.2. The van der Waals surface area contributed by atoms with E-state index in [4.69, 9.17) is 9.84 Å². The largest absolute Gasteiger partial charge is 0.480 e. The van der Waals surface area contributed by atoms with Crippen molar-refractivity contribution >= 4 is 5.97 Å². The molecule has 0 aliphatic rings. The third-order valence-electron chi connectivity index (χ3n) is 1.42. The fourth-order valence-electron chi connectivity index (χ4n) is 0.695. The Morgan fingerprint density at radius 1 is 1.70 bits per heavy atom. The molecular weight excluding hydrogens is 134 g/mol. The number of rotatable bonds is 4. The Bertz CT molecular complexity index is 116. The Kier molecular flexibility index (Phi) is 3.99. The highest BCUT2D eigenvalue weighted by molar-refractivity contribution is 5.74. The first-order valence-electron chi connectivity index (χ1n) is 3.06. The van der Waals surface area contributed by atoms with Gasteiger partial charge in [0.05, 0.1) is 6.10 Å². The van der Waals surface area contributed by atoms with Crippen molar-refractivity contribution in [3.05, 3.63) is 0 Å². The molecule has 0 aromatic heterocycles. The second-order valence-electron chi connectivity index (χ2n) is 2.05. The molecule has 4 heteroatoms. The fraction of sp³-hybridized carbons (Fsp3) is 0.833. The van der Waals surface area contributed by atoms with E-state index in [1.807, 2.05) is 0 Å². The minimum atomic E-state index is -0.892. The highest BCUT2D eigenvalue weighted by Gasteiger charge is 2.21. The number of carboxylic acids is 1. The van der Waals surface area contributed by atoms with Gasteiger partial charge in [-0.2, -0.15) is 0 Å². The van der Waals surface area contributed by atoms with Gasteiger partial charge in [-0.25, -0.2) is 0 Å². The number of likely N-dealkylation sites (N-methyl/N-ethyl adjacent to an activating group) is 1. The summed E-state index contributed by atoms with van der Waals surface area (Å²) in [6.45, 7) is 1.70. The van der Waals surface area contributed by atoms with E-state index in [9.17, 15) is 4.79 Å². The van der Waals surface area contributed by atoms with E-state index in [0.29, 0.717) is 0 Å². The van der Waals surface area contributed by atoms with Crippen molar-refractivity contribution < 1.29 is 14.6 Å². The van der Waals surface area contributed by atoms with Gasteiger partial charge in [0, 0.05) is 7.11 Å². The molecule has 0 aromatic rings. The molecule has 0 bridgehead atoms. The van der Waals surface area contributed by atoms with E-state index in [2.05, 4.69) is 5.32 Å². The number of hydrogen-bond acceptors (Lipinski definition) is 3. The molecular formula is C6H13NO3. The number of nitrogens with one attached hydrogen (secondary N) is 1. The minimum absolute atomic E-state index is 0.303. The highest BCUT2D eigenvalue weighted by Crippen LogP contribution is 1.95. The van der Waals surface area contributed by atoms with Crippen LogP contribution in [0.25, 0.3) is 0 Å². The fourth-order valence-corrected chi connectivity index (χ4v) is 0.695. The smallest absolute Gasteiger partial charge is 0.323 e. The van der Waals surface area contributed by atoms with Crippen molar-refractivity contribution in [3.63, 3.8) is 0 Å². The molecule has 0 amide bonds. The van der Waals surface area contributed by atoms with Gasteiger partial charge in [0.25, 0.3) is 0 Å². The number of carboxylic acid groups (broad SMARTS) is 1. The molecule has 0 heterocycles. The Labute approximate surface area is 60.2 Å². The molecule has 0 aromatic carbocycles. The van der Waals surface area contributed by atoms with Gasteiger partial charge in [-0.1, -0.05) is 0 Å². The number of methoxy groups -OCH3 is 1. The summed E-state index contributed by atoms with van der Waals surface area (Å²) in [6.07, 6.45) is -0.303. The lowest BCUT2D eigenvalue weighted by Crippen LogP contribution is -2.43. The summed E-state index contributed by atoms with van der Waals surface area (Å²) in [5.41, 5.74) is 0. The second-order valence-corrected chi connectivity index (χ2v) is 2.05. The third-order valence-corrected chi connectivity index (χ3v) is 1.42. The first-order chi connectivity index (χ1) is 4.63. The zero-order chi connectivity index (χ0) is 8.15. The summed E-state index contributed by atoms with van der Waals surface area (Å²) < 4.78 is 4.82. The van der Waals surface area contributed by atoms with E-state index in [-0.39, 0.29) is 6.10 Å². The van der Waals surface area contributed by atoms with Crippen molar-refractivity contribution in [2.45, 2.75) is 19.1 Å². The van der Waals surface area contributed by atoms with E-state index in [1.54, 1.807) is 14.0 Å². The molecule has 0 spiro atoms. The predicted molar refractivity (Wildman–Crippen MR) is 37.0 cm³/mol. The van der Waals surface area contributed by atoms with Crippen LogP contribution in [0.15, 0.2) is 0 Å². The number of aliphatic carboxylic acids is 1. The van der Waals surface area contributed by atoms with Gasteiger partial charge in [-0.3, -0.25) is 4.79 Å². The van der Waals surface area contributed by atoms with Crippen LogP contribution in [0.3, 0.4) is 0 Å². The molecule has 0 aliphatic heterocycles. The maximum Gasteiger partial charge on any atom is 0.323 e. The van der Waals surface area contributed by atoms with Crippen molar-refractivity contribution in [1.29, 1.82) is 0 Å². The van der Waals surface area contributed by atoms with Crippen LogP contribution in [0, 0.1) is 0 Å². The second kappa shape index (κ2) is 4.24. The molecule has 60 valence electrons. The predicted octanol–water partition coefficient (Wildman–Crippen LogP) is -0.306. The lowest BCUT2D eigenvalue weighted by atomic mass is 10.2. The number of carbonyl (C=O) groups is 1. The molecule has 10 heavy (non-hydrogen) atoms. The summed E-state index contributed by atoms with van der Waals surface area (Å²) in [4.78, 5) is 10.4. The standard InChI is InChI=1S/C6H13NO3/c1-4(10-3)5(7-2)6(8)9/h4-5,7H,1-3H3,(H,8,9)/t4?,5-/m0/s1. The minimum Gasteiger partial charge on any atom is -0.480 e. The Balaban J connectivity index is 3.92. The first kappa shape index (κ1) is 9.39. The van der Waals surface area contributed by atoms with Gasteiger partial charge in [-0.05, 0) is 14.0 Å². The van der Waals surface area contributed by atoms with Crippen LogP contribution >= 0.6 is 0 Å². The van der Waals surface area contributed by atoms with Gasteiger partial charge in [-0.15, -0.1) is 0 Å². The molecule has 0 rings (SSSR count). The summed E-state index contributed by atoms with van der Waals surface area (Å²) >= 11 is 0. The van der Waals surface area contributed by atoms with Gasteiger partial charge >= 0.3 is 5.97 Å². The highest BCUT2D eigenvalue weighted by atomic mass is 16.5. The van der Waals surface area contributed by atoms with Crippen LogP contribution in [0.4, 0.5) is 0 Å². The lowest BCUT2D eigenvalue weighted by Gasteiger charge is -2.17. The molecule has 4 nitrogen and oxygen atoms in total. The monoisotopic (exact) mass is 147 g/mol. The van der Waals surface area contributed by atoms with Crippen LogP contribution in [-0.2, 0) is 9.53 Å². The molecule has 0 radical (unpaired) electrons. The topological polar surface area (TPSA) is 58.6 Å². The van der Waals surface area contributed by atoms with Crippen molar-refractivity contribution in [3.8, 4) is 0 Å². The Morgan fingerprint density at radius 3 is 2.30 bits per heavy atom. The molecule has 2 N–H and O–H groups in total. The summed E-state index contributed by atoms with van der Waals surface area (Å²) in [5.74, 6) is -0.892. The zero-order valence-electron chi connectivity index (χ0n) is 6.42. The van der Waals surface area contributed by atoms with Crippen molar-refractivity contribution in [1.82, 2.24) is 5.32 Å². The molecule has 1 unspecified atom stereocenters. The average Bonchev–Trinajstić information content (AvgIpc) is 1.88. The maximum atomic E-state index is 10.4. The molecule has 0 fully saturated rings. The number of hydrogen-bond donors (Lipinski definition) is 2. The van der Waals surface area contributed by atoms with E-state index < -0.39 is 12.0 Å². The average molecular weight is 147 g/mol. The van der Waals surface area contributed by atoms with E-state index >= 15 is 0 Å². The van der Waals surface area contributed by atoms with Gasteiger partial charge in [0.1, 0.15) is 6.04 Å². The molecule has 2 atom stereocenters. The van der Waals surface area contributed by atoms with Crippen molar-refractivity contribution in [2.24, 2.45) is 0 Å².